The minimum absolute atomic E-state index is 0.0246. The lowest BCUT2D eigenvalue weighted by molar-refractivity contribution is 0.0695. The molecule has 1 aliphatic rings. The number of carbonyl (C=O) groups is 1. The Kier molecular flexibility index (Phi) is 4.43. The molecule has 1 atom stereocenters. The molecule has 0 spiro atoms. The lowest BCUT2D eigenvalue weighted by atomic mass is 9.97. The lowest BCUT2D eigenvalue weighted by Crippen LogP contribution is -2.39. The molecule has 3 rings (SSSR count). The van der Waals surface area contributed by atoms with Crippen LogP contribution in [0.25, 0.3) is 0 Å². The van der Waals surface area contributed by atoms with E-state index in [-0.39, 0.29) is 11.8 Å². The summed E-state index contributed by atoms with van der Waals surface area (Å²) in [6.45, 7) is 3.37. The number of amides is 1. The van der Waals surface area contributed by atoms with Crippen LogP contribution in [0.4, 0.5) is 0 Å². The van der Waals surface area contributed by atoms with E-state index in [1.54, 1.807) is 24.3 Å². The van der Waals surface area contributed by atoms with E-state index in [0.717, 1.165) is 31.6 Å². The molecule has 6 heteroatoms. The third kappa shape index (κ3) is 3.14. The van der Waals surface area contributed by atoms with Gasteiger partial charge in [-0.15, -0.1) is 0 Å². The number of rotatable bonds is 3. The predicted octanol–water partition coefficient (Wildman–Crippen LogP) is 3.31. The van der Waals surface area contributed by atoms with Crippen molar-refractivity contribution in [1.82, 2.24) is 15.0 Å². The average molecular weight is 320 g/mol. The second-order valence-corrected chi connectivity index (χ2v) is 5.94. The zero-order chi connectivity index (χ0) is 15.5. The number of piperidine rings is 1. The smallest absolute Gasteiger partial charge is 0.253 e. The van der Waals surface area contributed by atoms with Crippen LogP contribution in [0.15, 0.2) is 28.8 Å². The molecule has 2 heterocycles. The van der Waals surface area contributed by atoms with E-state index in [4.69, 9.17) is 16.1 Å². The Bertz CT molecular complexity index is 654. The van der Waals surface area contributed by atoms with Crippen LogP contribution in [0.3, 0.4) is 0 Å². The van der Waals surface area contributed by atoms with E-state index in [0.29, 0.717) is 23.0 Å². The second kappa shape index (κ2) is 6.48. The zero-order valence-corrected chi connectivity index (χ0v) is 13.2. The second-order valence-electron chi connectivity index (χ2n) is 5.50. The average Bonchev–Trinajstić information content (AvgIpc) is 3.04. The molecule has 1 aliphatic heterocycles. The molecule has 5 nitrogen and oxygen atoms in total. The van der Waals surface area contributed by atoms with Gasteiger partial charge in [0.15, 0.2) is 5.82 Å². The summed E-state index contributed by atoms with van der Waals surface area (Å²) in [7, 11) is 0. The number of nitrogens with zero attached hydrogens (tertiary/aromatic N) is 3. The van der Waals surface area contributed by atoms with E-state index >= 15 is 0 Å². The Hall–Kier alpha value is -1.88. The third-order valence-corrected chi connectivity index (χ3v) is 4.20. The molecule has 2 aromatic rings. The monoisotopic (exact) mass is 319 g/mol. The van der Waals surface area contributed by atoms with Gasteiger partial charge in [0.05, 0.1) is 5.92 Å². The van der Waals surface area contributed by atoms with Crippen molar-refractivity contribution in [2.75, 3.05) is 13.1 Å². The number of carbonyl (C=O) groups excluding carboxylic acids is 1. The van der Waals surface area contributed by atoms with E-state index in [2.05, 4.69) is 10.1 Å². The van der Waals surface area contributed by atoms with Gasteiger partial charge >= 0.3 is 0 Å². The summed E-state index contributed by atoms with van der Waals surface area (Å²) in [5.41, 5.74) is 0.657. The van der Waals surface area contributed by atoms with Crippen LogP contribution in [0, 0.1) is 0 Å². The Balaban J connectivity index is 1.72. The molecule has 1 saturated heterocycles. The first-order valence-corrected chi connectivity index (χ1v) is 7.92. The van der Waals surface area contributed by atoms with Crippen molar-refractivity contribution < 1.29 is 9.32 Å². The van der Waals surface area contributed by atoms with Gasteiger partial charge in [-0.3, -0.25) is 4.79 Å². The summed E-state index contributed by atoms with van der Waals surface area (Å²) in [5.74, 6) is 1.51. The van der Waals surface area contributed by atoms with Gasteiger partial charge in [0, 0.05) is 30.1 Å². The summed E-state index contributed by atoms with van der Waals surface area (Å²) < 4.78 is 5.33. The standard InChI is InChI=1S/C16H18ClN3O2/c1-2-14-18-15(22-19-14)12-4-3-9-20(10-12)16(21)11-5-7-13(17)8-6-11/h5-8,12H,2-4,9-10H2,1H3/t12-/m0/s1. The molecule has 116 valence electrons. The number of hydrogen-bond acceptors (Lipinski definition) is 4. The first kappa shape index (κ1) is 15.0. The third-order valence-electron chi connectivity index (χ3n) is 3.95. The first-order valence-electron chi connectivity index (χ1n) is 7.54. The fourth-order valence-corrected chi connectivity index (χ4v) is 2.84. The number of likely N-dealkylation sites (tertiary alicyclic amines) is 1. The molecule has 1 amide bonds. The molecule has 0 bridgehead atoms. The molecule has 22 heavy (non-hydrogen) atoms. The minimum atomic E-state index is 0.0246. The lowest BCUT2D eigenvalue weighted by Gasteiger charge is -2.31. The fraction of sp³-hybridized carbons (Fsp3) is 0.438. The van der Waals surface area contributed by atoms with Crippen molar-refractivity contribution in [3.05, 3.63) is 46.6 Å². The first-order chi connectivity index (χ1) is 10.7. The van der Waals surface area contributed by atoms with Crippen molar-refractivity contribution in [2.24, 2.45) is 0 Å². The fourth-order valence-electron chi connectivity index (χ4n) is 2.72. The maximum absolute atomic E-state index is 12.6. The molecule has 1 aromatic carbocycles. The van der Waals surface area contributed by atoms with E-state index in [1.807, 2.05) is 11.8 Å². The van der Waals surface area contributed by atoms with Crippen LogP contribution in [0.1, 0.15) is 47.8 Å². The number of aryl methyl sites for hydroxylation is 1. The van der Waals surface area contributed by atoms with Crippen LogP contribution in [0.2, 0.25) is 5.02 Å². The maximum Gasteiger partial charge on any atom is 0.253 e. The van der Waals surface area contributed by atoms with Crippen LogP contribution in [0.5, 0.6) is 0 Å². The summed E-state index contributed by atoms with van der Waals surface area (Å²) in [4.78, 5) is 18.8. The molecule has 0 aliphatic carbocycles. The van der Waals surface area contributed by atoms with Crippen LogP contribution in [-0.4, -0.2) is 34.0 Å². The molecule has 0 N–H and O–H groups in total. The van der Waals surface area contributed by atoms with E-state index in [1.165, 1.54) is 0 Å². The van der Waals surface area contributed by atoms with Crippen molar-refractivity contribution in [3.63, 3.8) is 0 Å². The highest BCUT2D eigenvalue weighted by atomic mass is 35.5. The Labute approximate surface area is 134 Å². The van der Waals surface area contributed by atoms with E-state index in [9.17, 15) is 4.79 Å². The van der Waals surface area contributed by atoms with Crippen molar-refractivity contribution >= 4 is 17.5 Å². The van der Waals surface area contributed by atoms with Gasteiger partial charge in [0.1, 0.15) is 0 Å². The van der Waals surface area contributed by atoms with Gasteiger partial charge in [-0.25, -0.2) is 0 Å². The molecule has 0 unspecified atom stereocenters. The maximum atomic E-state index is 12.6. The molecule has 1 fully saturated rings. The van der Waals surface area contributed by atoms with Gasteiger partial charge < -0.3 is 9.42 Å². The quantitative estimate of drug-likeness (QED) is 0.871. The van der Waals surface area contributed by atoms with Crippen LogP contribution >= 0.6 is 11.6 Å². The normalized spacial score (nSPS) is 18.5. The Morgan fingerprint density at radius 3 is 2.86 bits per heavy atom. The number of halogens is 1. The Morgan fingerprint density at radius 2 is 2.18 bits per heavy atom. The van der Waals surface area contributed by atoms with Crippen LogP contribution < -0.4 is 0 Å². The highest BCUT2D eigenvalue weighted by molar-refractivity contribution is 6.30. The van der Waals surface area contributed by atoms with Gasteiger partial charge in [-0.1, -0.05) is 23.7 Å². The summed E-state index contributed by atoms with van der Waals surface area (Å²) in [6, 6.07) is 7.00. The topological polar surface area (TPSA) is 59.2 Å². The van der Waals surface area contributed by atoms with E-state index < -0.39 is 0 Å². The highest BCUT2D eigenvalue weighted by Crippen LogP contribution is 2.27. The van der Waals surface area contributed by atoms with Crippen molar-refractivity contribution in [1.29, 1.82) is 0 Å². The number of benzene rings is 1. The predicted molar refractivity (Wildman–Crippen MR) is 83.0 cm³/mol. The van der Waals surface area contributed by atoms with Gasteiger partial charge in [0.25, 0.3) is 5.91 Å². The molecule has 1 aromatic heterocycles. The minimum Gasteiger partial charge on any atom is -0.339 e. The summed E-state index contributed by atoms with van der Waals surface area (Å²) in [6.07, 6.45) is 2.66. The molecular weight excluding hydrogens is 302 g/mol. The summed E-state index contributed by atoms with van der Waals surface area (Å²) >= 11 is 5.87. The van der Waals surface area contributed by atoms with Gasteiger partial charge in [-0.2, -0.15) is 4.98 Å². The molecular formula is C16H18ClN3O2. The number of aromatic nitrogens is 2. The Morgan fingerprint density at radius 1 is 1.41 bits per heavy atom. The molecule has 0 radical (unpaired) electrons. The largest absolute Gasteiger partial charge is 0.339 e. The zero-order valence-electron chi connectivity index (χ0n) is 12.5. The highest BCUT2D eigenvalue weighted by Gasteiger charge is 2.28. The molecule has 0 saturated carbocycles. The van der Waals surface area contributed by atoms with Gasteiger partial charge in [0.2, 0.25) is 5.89 Å². The van der Waals surface area contributed by atoms with Crippen LogP contribution in [-0.2, 0) is 6.42 Å². The van der Waals surface area contributed by atoms with Crippen molar-refractivity contribution in [2.45, 2.75) is 32.1 Å². The number of hydrogen-bond donors (Lipinski definition) is 0. The SMILES string of the molecule is CCc1noc([C@H]2CCCN(C(=O)c3ccc(Cl)cc3)C2)n1. The van der Waals surface area contributed by atoms with Gasteiger partial charge in [-0.05, 0) is 37.1 Å². The van der Waals surface area contributed by atoms with Crippen molar-refractivity contribution in [3.8, 4) is 0 Å². The summed E-state index contributed by atoms with van der Waals surface area (Å²) in [5, 5.41) is 4.57.